The summed E-state index contributed by atoms with van der Waals surface area (Å²) < 4.78 is 0. The zero-order chi connectivity index (χ0) is 15.4. The molecule has 1 aliphatic carbocycles. The highest BCUT2D eigenvalue weighted by molar-refractivity contribution is 5.76. The Kier molecular flexibility index (Phi) is 4.24. The van der Waals surface area contributed by atoms with Crippen LogP contribution in [0.25, 0.3) is 11.1 Å². The average molecular weight is 287 g/mol. The van der Waals surface area contributed by atoms with E-state index < -0.39 is 0 Å². The van der Waals surface area contributed by atoms with E-state index in [9.17, 15) is 0 Å². The first-order valence-corrected chi connectivity index (χ1v) is 7.64. The van der Waals surface area contributed by atoms with Crippen LogP contribution in [0.15, 0.2) is 78.9 Å². The maximum absolute atomic E-state index is 2.22. The molecule has 22 heavy (non-hydrogen) atoms. The predicted octanol–water partition coefficient (Wildman–Crippen LogP) is 5.01. The molecule has 0 bridgehead atoms. The summed E-state index contributed by atoms with van der Waals surface area (Å²) in [5.74, 6) is 0. The van der Waals surface area contributed by atoms with Gasteiger partial charge < -0.3 is 4.90 Å². The van der Waals surface area contributed by atoms with Gasteiger partial charge in [-0.05, 0) is 40.8 Å². The molecule has 0 amide bonds. The van der Waals surface area contributed by atoms with Crippen LogP contribution < -0.4 is 4.90 Å². The summed E-state index contributed by atoms with van der Waals surface area (Å²) in [6.07, 6.45) is 1.10. The number of rotatable bonds is 1. The maximum Gasteiger partial charge on any atom is 0.0360 e. The molecule has 0 N–H and O–H groups in total. The predicted molar refractivity (Wildman–Crippen MR) is 95.5 cm³/mol. The van der Waals surface area contributed by atoms with Crippen LogP contribution in [0, 0.1) is 0 Å². The Labute approximate surface area is 132 Å². The fraction of sp³-hybridized carbons (Fsp3) is 0.143. The molecule has 0 atom stereocenters. The van der Waals surface area contributed by atoms with Crippen LogP contribution in [-0.2, 0) is 6.42 Å². The van der Waals surface area contributed by atoms with E-state index in [4.69, 9.17) is 0 Å². The molecule has 0 saturated heterocycles. The molecule has 0 unspecified atom stereocenters. The van der Waals surface area contributed by atoms with Crippen molar-refractivity contribution in [1.29, 1.82) is 0 Å². The van der Waals surface area contributed by atoms with Gasteiger partial charge in [-0.1, -0.05) is 66.7 Å². The lowest BCUT2D eigenvalue weighted by Crippen LogP contribution is -2.07. The summed E-state index contributed by atoms with van der Waals surface area (Å²) in [6, 6.07) is 27.6. The summed E-state index contributed by atoms with van der Waals surface area (Å²) in [5, 5.41) is 0. The van der Waals surface area contributed by atoms with Crippen molar-refractivity contribution in [3.63, 3.8) is 0 Å². The van der Waals surface area contributed by atoms with Crippen LogP contribution in [0.4, 0.5) is 5.69 Å². The Morgan fingerprint density at radius 2 is 1.05 bits per heavy atom. The Morgan fingerprint density at radius 3 is 1.50 bits per heavy atom. The van der Waals surface area contributed by atoms with E-state index in [1.165, 1.54) is 27.9 Å². The van der Waals surface area contributed by atoms with E-state index in [1.54, 1.807) is 0 Å². The van der Waals surface area contributed by atoms with Gasteiger partial charge in [-0.15, -0.1) is 0 Å². The highest BCUT2D eigenvalue weighted by Gasteiger charge is 2.15. The SMILES string of the molecule is CN(C)c1ccccc1.c1ccc2c(c1)Cc1ccccc1-2. The van der Waals surface area contributed by atoms with Gasteiger partial charge in [0, 0.05) is 19.8 Å². The smallest absolute Gasteiger partial charge is 0.0360 e. The standard InChI is InChI=1S/C13H10.C8H11N/c1-3-7-12-10(5-1)9-11-6-2-4-8-13(11)12;1-9(2)8-6-4-3-5-7-8/h1-8H,9H2;3-7H,1-2H3. The third-order valence-electron chi connectivity index (χ3n) is 3.98. The molecule has 0 aromatic heterocycles. The first-order chi connectivity index (χ1) is 10.8. The van der Waals surface area contributed by atoms with Crippen LogP contribution >= 0.6 is 0 Å². The largest absolute Gasteiger partial charge is 0.378 e. The minimum atomic E-state index is 1.10. The summed E-state index contributed by atoms with van der Waals surface area (Å²) in [6.45, 7) is 0. The topological polar surface area (TPSA) is 3.24 Å². The van der Waals surface area contributed by atoms with Gasteiger partial charge in [-0.25, -0.2) is 0 Å². The van der Waals surface area contributed by atoms with E-state index in [2.05, 4.69) is 65.6 Å². The number of hydrogen-bond donors (Lipinski definition) is 0. The molecule has 0 radical (unpaired) electrons. The van der Waals surface area contributed by atoms with Gasteiger partial charge in [-0.2, -0.15) is 0 Å². The van der Waals surface area contributed by atoms with Crippen molar-refractivity contribution in [2.45, 2.75) is 6.42 Å². The first kappa shape index (κ1) is 14.4. The summed E-state index contributed by atoms with van der Waals surface area (Å²) in [7, 11) is 4.07. The second-order valence-electron chi connectivity index (χ2n) is 5.72. The molecule has 1 heteroatoms. The molecule has 0 aliphatic heterocycles. The Morgan fingerprint density at radius 1 is 0.591 bits per heavy atom. The van der Waals surface area contributed by atoms with E-state index in [1.807, 2.05) is 32.3 Å². The fourth-order valence-corrected chi connectivity index (χ4v) is 2.81. The van der Waals surface area contributed by atoms with Crippen LogP contribution in [0.2, 0.25) is 0 Å². The van der Waals surface area contributed by atoms with Crippen molar-refractivity contribution in [1.82, 2.24) is 0 Å². The van der Waals surface area contributed by atoms with Crippen molar-refractivity contribution in [2.75, 3.05) is 19.0 Å². The normalized spacial score (nSPS) is 11.0. The molecule has 3 aromatic rings. The second kappa shape index (κ2) is 6.48. The fourth-order valence-electron chi connectivity index (χ4n) is 2.81. The van der Waals surface area contributed by atoms with Crippen molar-refractivity contribution >= 4 is 5.69 Å². The van der Waals surface area contributed by atoms with Crippen molar-refractivity contribution in [3.8, 4) is 11.1 Å². The van der Waals surface area contributed by atoms with Crippen molar-refractivity contribution in [2.24, 2.45) is 0 Å². The maximum atomic E-state index is 2.22. The third-order valence-corrected chi connectivity index (χ3v) is 3.98. The van der Waals surface area contributed by atoms with Crippen molar-refractivity contribution < 1.29 is 0 Å². The number of anilines is 1. The molecule has 0 heterocycles. The zero-order valence-electron chi connectivity index (χ0n) is 13.2. The van der Waals surface area contributed by atoms with Gasteiger partial charge in [0.1, 0.15) is 0 Å². The second-order valence-corrected chi connectivity index (χ2v) is 5.72. The number of nitrogens with zero attached hydrogens (tertiary/aromatic N) is 1. The number of para-hydroxylation sites is 1. The quantitative estimate of drug-likeness (QED) is 0.475. The van der Waals surface area contributed by atoms with Gasteiger partial charge in [0.15, 0.2) is 0 Å². The minimum absolute atomic E-state index is 1.10. The van der Waals surface area contributed by atoms with Gasteiger partial charge in [0.2, 0.25) is 0 Å². The highest BCUT2D eigenvalue weighted by Crippen LogP contribution is 2.35. The summed E-state index contributed by atoms with van der Waals surface area (Å²) in [5.41, 5.74) is 7.00. The molecule has 0 fully saturated rings. The monoisotopic (exact) mass is 287 g/mol. The first-order valence-electron chi connectivity index (χ1n) is 7.64. The molecule has 3 aromatic carbocycles. The number of hydrogen-bond acceptors (Lipinski definition) is 1. The van der Waals surface area contributed by atoms with Crippen LogP contribution in [0.5, 0.6) is 0 Å². The van der Waals surface area contributed by atoms with Gasteiger partial charge >= 0.3 is 0 Å². The highest BCUT2D eigenvalue weighted by atomic mass is 15.1. The van der Waals surface area contributed by atoms with Crippen LogP contribution in [0.1, 0.15) is 11.1 Å². The third kappa shape index (κ3) is 3.04. The lowest BCUT2D eigenvalue weighted by atomic mass is 10.1. The summed E-state index contributed by atoms with van der Waals surface area (Å²) in [4.78, 5) is 2.08. The molecule has 1 aliphatic rings. The number of benzene rings is 3. The van der Waals surface area contributed by atoms with Gasteiger partial charge in [-0.3, -0.25) is 0 Å². The van der Waals surface area contributed by atoms with Crippen molar-refractivity contribution in [3.05, 3.63) is 90.0 Å². The van der Waals surface area contributed by atoms with Crippen LogP contribution in [-0.4, -0.2) is 14.1 Å². The van der Waals surface area contributed by atoms with Gasteiger partial charge in [0.05, 0.1) is 0 Å². The van der Waals surface area contributed by atoms with E-state index >= 15 is 0 Å². The minimum Gasteiger partial charge on any atom is -0.378 e. The van der Waals surface area contributed by atoms with Crippen LogP contribution in [0.3, 0.4) is 0 Å². The van der Waals surface area contributed by atoms with E-state index in [0.717, 1.165) is 6.42 Å². The Bertz CT molecular complexity index is 701. The molecule has 0 spiro atoms. The molecule has 0 saturated carbocycles. The average Bonchev–Trinajstić information content (AvgIpc) is 2.95. The molecular formula is C21H21N. The Hall–Kier alpha value is -2.54. The Balaban J connectivity index is 0.000000142. The lowest BCUT2D eigenvalue weighted by Gasteiger charge is -2.10. The molecule has 1 nitrogen and oxygen atoms in total. The molecule has 110 valence electrons. The molecule has 4 rings (SSSR count). The molecular weight excluding hydrogens is 266 g/mol. The number of fused-ring (bicyclic) bond motifs is 3. The van der Waals surface area contributed by atoms with Gasteiger partial charge in [0.25, 0.3) is 0 Å². The van der Waals surface area contributed by atoms with E-state index in [-0.39, 0.29) is 0 Å². The van der Waals surface area contributed by atoms with E-state index in [0.29, 0.717) is 0 Å². The summed E-state index contributed by atoms with van der Waals surface area (Å²) >= 11 is 0. The lowest BCUT2D eigenvalue weighted by molar-refractivity contribution is 1.13. The zero-order valence-corrected chi connectivity index (χ0v) is 13.2.